The lowest BCUT2D eigenvalue weighted by Gasteiger charge is -2.25. The van der Waals surface area contributed by atoms with Gasteiger partial charge in [0.25, 0.3) is 0 Å². The molecule has 0 unspecified atom stereocenters. The Bertz CT molecular complexity index is 70.7. The molecule has 1 fully saturated rings. The summed E-state index contributed by atoms with van der Waals surface area (Å²) in [6.07, 6.45) is 1.03. The van der Waals surface area contributed by atoms with E-state index in [-0.39, 0.29) is 6.61 Å². The normalized spacial score (nSPS) is 19.7. The molecule has 0 spiro atoms. The molecule has 1 heterocycles. The van der Waals surface area contributed by atoms with Crippen molar-refractivity contribution in [3.8, 4) is 0 Å². The van der Waals surface area contributed by atoms with Gasteiger partial charge in [0.2, 0.25) is 0 Å². The fourth-order valence-corrected chi connectivity index (χ4v) is 0.625. The first-order chi connectivity index (χ1) is 4.43. The average molecular weight is 132 g/mol. The lowest BCUT2D eigenvalue weighted by molar-refractivity contribution is -0.130. The van der Waals surface area contributed by atoms with Crippen LogP contribution < -0.4 is 0 Å². The van der Waals surface area contributed by atoms with Crippen LogP contribution in [0.3, 0.4) is 0 Å². The Labute approximate surface area is 54.6 Å². The van der Waals surface area contributed by atoms with E-state index in [0.717, 1.165) is 19.6 Å². The summed E-state index contributed by atoms with van der Waals surface area (Å²) in [5.41, 5.74) is 0. The van der Waals surface area contributed by atoms with E-state index in [4.69, 9.17) is 14.6 Å². The highest BCUT2D eigenvalue weighted by atomic mass is 16.6. The van der Waals surface area contributed by atoms with Gasteiger partial charge in [-0.15, -0.1) is 0 Å². The fraction of sp³-hybridized carbons (Fsp3) is 1.00. The summed E-state index contributed by atoms with van der Waals surface area (Å²) in [6, 6.07) is 0. The molecular weight excluding hydrogens is 120 g/mol. The predicted molar refractivity (Wildman–Crippen MR) is 32.3 cm³/mol. The van der Waals surface area contributed by atoms with Crippen LogP contribution in [0, 0.1) is 0 Å². The molecule has 0 atom stereocenters. The van der Waals surface area contributed by atoms with Crippen molar-refractivity contribution in [3.05, 3.63) is 0 Å². The van der Waals surface area contributed by atoms with Gasteiger partial charge in [-0.25, -0.2) is 0 Å². The third-order valence-electron chi connectivity index (χ3n) is 1.26. The van der Waals surface area contributed by atoms with Crippen molar-refractivity contribution in [3.63, 3.8) is 0 Å². The monoisotopic (exact) mass is 132 g/mol. The van der Waals surface area contributed by atoms with Crippen molar-refractivity contribution in [2.24, 2.45) is 0 Å². The highest BCUT2D eigenvalue weighted by Gasteiger charge is 2.17. The Morgan fingerprint density at radius 3 is 2.78 bits per heavy atom. The molecule has 1 rings (SSSR count). The molecule has 1 N–H and O–H groups in total. The third-order valence-corrected chi connectivity index (χ3v) is 1.26. The molecule has 0 aromatic heterocycles. The van der Waals surface area contributed by atoms with Crippen molar-refractivity contribution in [1.29, 1.82) is 0 Å². The summed E-state index contributed by atoms with van der Waals surface area (Å²) in [5.74, 6) is 0. The van der Waals surface area contributed by atoms with E-state index in [1.165, 1.54) is 0 Å². The molecule has 3 heteroatoms. The topological polar surface area (TPSA) is 38.7 Å². The Balaban J connectivity index is 1.80. The quantitative estimate of drug-likeness (QED) is 0.538. The highest BCUT2D eigenvalue weighted by Crippen LogP contribution is 2.04. The van der Waals surface area contributed by atoms with Crippen LogP contribution >= 0.6 is 0 Å². The van der Waals surface area contributed by atoms with Gasteiger partial charge in [-0.3, -0.25) is 0 Å². The summed E-state index contributed by atoms with van der Waals surface area (Å²) >= 11 is 0. The SMILES string of the molecule is OCCCOC1COC1. The molecule has 0 amide bonds. The van der Waals surface area contributed by atoms with E-state index in [1.807, 2.05) is 0 Å². The van der Waals surface area contributed by atoms with Crippen molar-refractivity contribution in [2.75, 3.05) is 26.4 Å². The van der Waals surface area contributed by atoms with Crippen molar-refractivity contribution >= 4 is 0 Å². The molecule has 0 bridgehead atoms. The first-order valence-electron chi connectivity index (χ1n) is 3.23. The van der Waals surface area contributed by atoms with Crippen LogP contribution in [-0.4, -0.2) is 37.6 Å². The lowest BCUT2D eigenvalue weighted by atomic mass is 10.3. The summed E-state index contributed by atoms with van der Waals surface area (Å²) in [7, 11) is 0. The van der Waals surface area contributed by atoms with Crippen LogP contribution in [0.25, 0.3) is 0 Å². The predicted octanol–water partition coefficient (Wildman–Crippen LogP) is -0.216. The van der Waals surface area contributed by atoms with Gasteiger partial charge in [0, 0.05) is 13.2 Å². The third kappa shape index (κ3) is 2.30. The molecule has 0 aromatic carbocycles. The van der Waals surface area contributed by atoms with Gasteiger partial charge >= 0.3 is 0 Å². The smallest absolute Gasteiger partial charge is 0.104 e. The minimum Gasteiger partial charge on any atom is -0.396 e. The van der Waals surface area contributed by atoms with Gasteiger partial charge in [0.05, 0.1) is 13.2 Å². The zero-order chi connectivity index (χ0) is 6.53. The number of aliphatic hydroxyl groups is 1. The minimum absolute atomic E-state index is 0.216. The number of rotatable bonds is 4. The zero-order valence-corrected chi connectivity index (χ0v) is 5.38. The maximum absolute atomic E-state index is 8.36. The minimum atomic E-state index is 0.216. The maximum atomic E-state index is 8.36. The first kappa shape index (κ1) is 6.99. The van der Waals surface area contributed by atoms with Crippen LogP contribution in [0.5, 0.6) is 0 Å². The van der Waals surface area contributed by atoms with Crippen LogP contribution in [0.4, 0.5) is 0 Å². The van der Waals surface area contributed by atoms with E-state index in [0.29, 0.717) is 12.7 Å². The molecule has 0 aromatic rings. The van der Waals surface area contributed by atoms with E-state index >= 15 is 0 Å². The zero-order valence-electron chi connectivity index (χ0n) is 5.38. The number of hydrogen-bond donors (Lipinski definition) is 1. The molecule has 0 aliphatic carbocycles. The second-order valence-electron chi connectivity index (χ2n) is 2.11. The Morgan fingerprint density at radius 1 is 1.56 bits per heavy atom. The second kappa shape index (κ2) is 3.82. The van der Waals surface area contributed by atoms with E-state index < -0.39 is 0 Å². The van der Waals surface area contributed by atoms with Crippen LogP contribution in [0.1, 0.15) is 6.42 Å². The molecule has 1 saturated heterocycles. The van der Waals surface area contributed by atoms with Gasteiger partial charge in [0.1, 0.15) is 6.10 Å². The number of ether oxygens (including phenoxy) is 2. The summed E-state index contributed by atoms with van der Waals surface area (Å²) in [5, 5.41) is 8.36. The average Bonchev–Trinajstić information content (AvgIpc) is 1.76. The number of aliphatic hydroxyl groups excluding tert-OH is 1. The molecule has 0 saturated carbocycles. The summed E-state index contributed by atoms with van der Waals surface area (Å²) < 4.78 is 10.1. The van der Waals surface area contributed by atoms with Gasteiger partial charge in [-0.05, 0) is 6.42 Å². The van der Waals surface area contributed by atoms with Crippen molar-refractivity contribution in [1.82, 2.24) is 0 Å². The van der Waals surface area contributed by atoms with E-state index in [2.05, 4.69) is 0 Å². The summed E-state index contributed by atoms with van der Waals surface area (Å²) in [6.45, 7) is 2.33. The van der Waals surface area contributed by atoms with Gasteiger partial charge < -0.3 is 14.6 Å². The van der Waals surface area contributed by atoms with E-state index in [1.54, 1.807) is 0 Å². The molecule has 1 aliphatic heterocycles. The standard InChI is InChI=1S/C6H12O3/c7-2-1-3-9-6-4-8-5-6/h6-7H,1-5H2. The van der Waals surface area contributed by atoms with Crippen LogP contribution in [-0.2, 0) is 9.47 Å². The molecular formula is C6H12O3. The molecule has 54 valence electrons. The van der Waals surface area contributed by atoms with Crippen LogP contribution in [0.2, 0.25) is 0 Å². The fourth-order valence-electron chi connectivity index (χ4n) is 0.625. The molecule has 1 aliphatic rings. The maximum Gasteiger partial charge on any atom is 0.104 e. The summed E-state index contributed by atoms with van der Waals surface area (Å²) in [4.78, 5) is 0. The molecule has 3 nitrogen and oxygen atoms in total. The van der Waals surface area contributed by atoms with E-state index in [9.17, 15) is 0 Å². The Morgan fingerprint density at radius 2 is 2.33 bits per heavy atom. The molecule has 9 heavy (non-hydrogen) atoms. The van der Waals surface area contributed by atoms with Gasteiger partial charge in [-0.2, -0.15) is 0 Å². The number of hydrogen-bond acceptors (Lipinski definition) is 3. The Kier molecular flexibility index (Phi) is 2.97. The van der Waals surface area contributed by atoms with Crippen molar-refractivity contribution in [2.45, 2.75) is 12.5 Å². The van der Waals surface area contributed by atoms with Crippen LogP contribution in [0.15, 0.2) is 0 Å². The lowest BCUT2D eigenvalue weighted by Crippen LogP contribution is -2.36. The van der Waals surface area contributed by atoms with Gasteiger partial charge in [0.15, 0.2) is 0 Å². The van der Waals surface area contributed by atoms with Gasteiger partial charge in [-0.1, -0.05) is 0 Å². The first-order valence-corrected chi connectivity index (χ1v) is 3.23. The second-order valence-corrected chi connectivity index (χ2v) is 2.11. The Hall–Kier alpha value is -0.120. The largest absolute Gasteiger partial charge is 0.396 e. The molecule has 0 radical (unpaired) electrons. The van der Waals surface area contributed by atoms with Crippen molar-refractivity contribution < 1.29 is 14.6 Å². The highest BCUT2D eigenvalue weighted by molar-refractivity contribution is 4.63.